The Morgan fingerprint density at radius 1 is 0.597 bits per heavy atom. The fourth-order valence-corrected chi connectivity index (χ4v) is 9.92. The fraction of sp³-hybridized carbons (Fsp3) is 0.169. The number of benzene rings is 7. The van der Waals surface area contributed by atoms with Crippen LogP contribution in [0, 0.1) is 19.1 Å². The van der Waals surface area contributed by atoms with E-state index in [1.807, 2.05) is 37.4 Å². The summed E-state index contributed by atoms with van der Waals surface area (Å²) in [6.45, 7) is 17.9. The molecule has 4 heterocycles. The number of nitrogens with zero attached hydrogens (tertiary/aromatic N) is 4. The van der Waals surface area contributed by atoms with E-state index in [0.29, 0.717) is 5.89 Å². The van der Waals surface area contributed by atoms with Crippen molar-refractivity contribution in [3.05, 3.63) is 187 Å². The number of furan rings is 1. The largest absolute Gasteiger partial charge is 0.501 e. The third kappa shape index (κ3) is 8.85. The zero-order valence-electron chi connectivity index (χ0n) is 39.1. The van der Waals surface area contributed by atoms with Crippen LogP contribution in [0.15, 0.2) is 167 Å². The van der Waals surface area contributed by atoms with Crippen LogP contribution in [0.3, 0.4) is 0 Å². The van der Waals surface area contributed by atoms with Crippen molar-refractivity contribution in [3.8, 4) is 50.6 Å². The van der Waals surface area contributed by atoms with Crippen molar-refractivity contribution in [1.82, 2.24) is 19.5 Å². The molecule has 0 aliphatic carbocycles. The van der Waals surface area contributed by atoms with Crippen LogP contribution in [-0.4, -0.2) is 27.6 Å². The number of imidazole rings is 1. The Morgan fingerprint density at radius 3 is 1.93 bits per heavy atom. The molecule has 0 unspecified atom stereocenters. The van der Waals surface area contributed by atoms with Gasteiger partial charge in [-0.05, 0) is 86.4 Å². The first-order valence-corrected chi connectivity index (χ1v) is 26.3. The number of aryl methyl sites for hydroxylation is 1. The van der Waals surface area contributed by atoms with Gasteiger partial charge in [0.2, 0.25) is 0 Å². The molecular weight excluding hydrogens is 1020 g/mol. The second kappa shape index (κ2) is 18.5. The van der Waals surface area contributed by atoms with Gasteiger partial charge in [0.05, 0.1) is 36.1 Å². The van der Waals surface area contributed by atoms with Gasteiger partial charge >= 0.3 is 0 Å². The van der Waals surface area contributed by atoms with Gasteiger partial charge in [0.15, 0.2) is 5.89 Å². The molecule has 8 heteroatoms. The van der Waals surface area contributed by atoms with Crippen molar-refractivity contribution in [2.45, 2.75) is 66.1 Å². The molecule has 11 rings (SSSR count). The number of rotatable bonds is 8. The number of fused-ring (bicyclic) bond motifs is 5. The molecule has 7 aromatic carbocycles. The van der Waals surface area contributed by atoms with Gasteiger partial charge in [-0.3, -0.25) is 4.98 Å². The van der Waals surface area contributed by atoms with E-state index < -0.39 is 8.07 Å². The zero-order chi connectivity index (χ0) is 45.7. The summed E-state index contributed by atoms with van der Waals surface area (Å²) in [4.78, 5) is 14.2. The maximum absolute atomic E-state index is 6.73. The van der Waals surface area contributed by atoms with Gasteiger partial charge < -0.3 is 18.4 Å². The molecule has 11 aromatic rings. The Labute approximate surface area is 407 Å². The van der Waals surface area contributed by atoms with Gasteiger partial charge in [-0.15, -0.1) is 42.0 Å². The number of pyridine rings is 1. The summed E-state index contributed by atoms with van der Waals surface area (Å²) in [5, 5.41) is 3.51. The third-order valence-corrected chi connectivity index (χ3v) is 14.4. The molecule has 6 nitrogen and oxygen atoms in total. The van der Waals surface area contributed by atoms with Crippen molar-refractivity contribution in [2.24, 2.45) is 0 Å². The molecule has 67 heavy (non-hydrogen) atoms. The standard InChI is InChI=1S/C43H35N2O.C16H17N2OSi.Ir/c1-27(2)36-24-32(30-16-9-6-10-17-30)25-37(28(3)4)41(36)45-39-21-12-11-20-38(39)44-43(45)35-19-13-18-34-33-23-22-31(26-40(33)46-42(34)35)29-14-7-5-8-15-29;1-11-18-15-9-12(5-8-16(15)19-11)14-7-6-13(10-17-14)20(2,3)4;/h5-18,20-28H,1-4H3;6-10H,1-4H3;/q2*-1;. The van der Waals surface area contributed by atoms with Gasteiger partial charge in [0, 0.05) is 49.8 Å². The summed E-state index contributed by atoms with van der Waals surface area (Å²) in [5.74, 6) is 2.08. The maximum atomic E-state index is 6.73. The molecule has 1 radical (unpaired) electrons. The van der Waals surface area contributed by atoms with Crippen molar-refractivity contribution in [3.63, 3.8) is 0 Å². The molecule has 335 valence electrons. The summed E-state index contributed by atoms with van der Waals surface area (Å²) in [6, 6.07) is 59.8. The summed E-state index contributed by atoms with van der Waals surface area (Å²) < 4.78 is 14.6. The molecule has 0 spiro atoms. The monoisotopic (exact) mass is 1070 g/mol. The first kappa shape index (κ1) is 45.5. The van der Waals surface area contributed by atoms with E-state index in [4.69, 9.17) is 13.8 Å². The predicted octanol–water partition coefficient (Wildman–Crippen LogP) is 15.5. The summed E-state index contributed by atoms with van der Waals surface area (Å²) in [5.41, 5.74) is 16.6. The first-order chi connectivity index (χ1) is 31.9. The molecule has 0 atom stereocenters. The molecule has 0 aliphatic heterocycles. The second-order valence-electron chi connectivity index (χ2n) is 18.7. The maximum Gasteiger partial charge on any atom is 0.180 e. The van der Waals surface area contributed by atoms with Gasteiger partial charge in [-0.2, -0.15) is 0 Å². The minimum absolute atomic E-state index is 0. The van der Waals surface area contributed by atoms with Crippen LogP contribution < -0.4 is 5.19 Å². The van der Waals surface area contributed by atoms with E-state index >= 15 is 0 Å². The SMILES string of the molecule is CC(C)c1cc(-c2ccccc2)cc(C(C)C)c1-n1c(-c2[c-]ccc3c2oc2cc(-c4ccccc4)ccc23)nc2ccccc21.Cc1nc2cc(-c3ccc([Si](C)(C)C)cn3)[c-]cc2o1.[Ir]. The van der Waals surface area contributed by atoms with E-state index in [1.165, 1.54) is 38.7 Å². The van der Waals surface area contributed by atoms with E-state index in [-0.39, 0.29) is 31.9 Å². The average molecular weight is 1070 g/mol. The fourth-order valence-electron chi connectivity index (χ4n) is 8.89. The smallest absolute Gasteiger partial charge is 0.180 e. The van der Waals surface area contributed by atoms with Gasteiger partial charge in [-0.1, -0.05) is 155 Å². The molecule has 0 amide bonds. The van der Waals surface area contributed by atoms with E-state index in [1.54, 1.807) is 0 Å². The van der Waals surface area contributed by atoms with Crippen LogP contribution in [0.5, 0.6) is 0 Å². The van der Waals surface area contributed by atoms with Crippen LogP contribution in [0.1, 0.15) is 56.5 Å². The molecule has 4 aromatic heterocycles. The number of para-hydroxylation sites is 2. The third-order valence-electron chi connectivity index (χ3n) is 12.4. The van der Waals surface area contributed by atoms with Gasteiger partial charge in [0.1, 0.15) is 5.58 Å². The number of aromatic nitrogens is 4. The van der Waals surface area contributed by atoms with E-state index in [9.17, 15) is 0 Å². The number of hydrogen-bond donors (Lipinski definition) is 0. The van der Waals surface area contributed by atoms with Crippen LogP contribution in [0.25, 0.3) is 94.7 Å². The first-order valence-electron chi connectivity index (χ1n) is 22.8. The molecular formula is C59H52IrN4O2Si-2. The van der Waals surface area contributed by atoms with Crippen LogP contribution in [-0.2, 0) is 20.1 Å². The molecule has 0 fully saturated rings. The Morgan fingerprint density at radius 2 is 1.27 bits per heavy atom. The second-order valence-corrected chi connectivity index (χ2v) is 23.8. The van der Waals surface area contributed by atoms with Gasteiger partial charge in [0.25, 0.3) is 0 Å². The number of oxazole rings is 1. The van der Waals surface area contributed by atoms with Crippen molar-refractivity contribution >= 4 is 57.3 Å². The summed E-state index contributed by atoms with van der Waals surface area (Å²) in [6.07, 6.45) is 1.99. The topological polar surface area (TPSA) is 69.9 Å². The Balaban J connectivity index is 0.000000224. The summed E-state index contributed by atoms with van der Waals surface area (Å²) >= 11 is 0. The predicted molar refractivity (Wildman–Crippen MR) is 275 cm³/mol. The van der Waals surface area contributed by atoms with Crippen LogP contribution in [0.4, 0.5) is 0 Å². The Bertz CT molecular complexity index is 3500. The number of hydrogen-bond acceptors (Lipinski definition) is 5. The van der Waals surface area contributed by atoms with Crippen LogP contribution in [0.2, 0.25) is 19.6 Å². The quantitative estimate of drug-likeness (QED) is 0.112. The molecule has 0 aliphatic rings. The zero-order valence-corrected chi connectivity index (χ0v) is 42.5. The van der Waals surface area contributed by atoms with Crippen molar-refractivity contribution in [1.29, 1.82) is 0 Å². The van der Waals surface area contributed by atoms with E-state index in [2.05, 4.69) is 201 Å². The minimum Gasteiger partial charge on any atom is -0.501 e. The minimum atomic E-state index is -1.30. The molecule has 0 bridgehead atoms. The van der Waals surface area contributed by atoms with Crippen molar-refractivity contribution < 1.29 is 28.9 Å². The Hall–Kier alpha value is -6.70. The summed E-state index contributed by atoms with van der Waals surface area (Å²) in [7, 11) is -1.30. The normalized spacial score (nSPS) is 11.7. The van der Waals surface area contributed by atoms with E-state index in [0.717, 1.165) is 72.3 Å². The van der Waals surface area contributed by atoms with Crippen LogP contribution >= 0.6 is 0 Å². The molecule has 0 saturated carbocycles. The van der Waals surface area contributed by atoms with Crippen molar-refractivity contribution in [2.75, 3.05) is 0 Å². The molecule has 0 N–H and O–H groups in total. The van der Waals surface area contributed by atoms with Gasteiger partial charge in [-0.25, -0.2) is 4.98 Å². The Kier molecular flexibility index (Phi) is 12.6. The molecule has 0 saturated heterocycles. The average Bonchev–Trinajstić information content (AvgIpc) is 4.03.